The first kappa shape index (κ1) is 19.6. The molecule has 0 radical (unpaired) electrons. The fourth-order valence-electron chi connectivity index (χ4n) is 2.46. The molecule has 1 aromatic heterocycles. The molecular formula is C20H27N3O3. The van der Waals surface area contributed by atoms with Crippen molar-refractivity contribution in [2.75, 3.05) is 0 Å². The van der Waals surface area contributed by atoms with Crippen LogP contribution in [0.4, 0.5) is 4.79 Å². The lowest BCUT2D eigenvalue weighted by Gasteiger charge is -2.14. The topological polar surface area (TPSA) is 83.4 Å². The van der Waals surface area contributed by atoms with Crippen LogP contribution in [0.25, 0.3) is 0 Å². The van der Waals surface area contributed by atoms with Crippen molar-refractivity contribution >= 4 is 11.9 Å². The molecule has 0 aliphatic carbocycles. The molecule has 0 bridgehead atoms. The van der Waals surface area contributed by atoms with Crippen molar-refractivity contribution in [1.29, 1.82) is 0 Å². The fourth-order valence-corrected chi connectivity index (χ4v) is 2.46. The van der Waals surface area contributed by atoms with Gasteiger partial charge in [0, 0.05) is 30.6 Å². The Bertz CT molecular complexity index is 694. The van der Waals surface area contributed by atoms with Crippen molar-refractivity contribution in [2.45, 2.75) is 52.2 Å². The molecule has 0 saturated carbocycles. The van der Waals surface area contributed by atoms with E-state index in [1.165, 1.54) is 0 Å². The summed E-state index contributed by atoms with van der Waals surface area (Å²) in [5.41, 5.74) is 1.54. The average Bonchev–Trinajstić information content (AvgIpc) is 3.11. The molecule has 2 aromatic rings. The van der Waals surface area contributed by atoms with Crippen LogP contribution < -0.4 is 16.0 Å². The minimum absolute atomic E-state index is 0.0497. The largest absolute Gasteiger partial charge is 0.469 e. The lowest BCUT2D eigenvalue weighted by molar-refractivity contribution is 0.0938. The lowest BCUT2D eigenvalue weighted by Crippen LogP contribution is -2.39. The maximum Gasteiger partial charge on any atom is 0.315 e. The van der Waals surface area contributed by atoms with Crippen LogP contribution >= 0.6 is 0 Å². The van der Waals surface area contributed by atoms with E-state index in [0.717, 1.165) is 24.2 Å². The normalized spacial score (nSPS) is 11.8. The maximum absolute atomic E-state index is 12.3. The Labute approximate surface area is 154 Å². The van der Waals surface area contributed by atoms with Gasteiger partial charge in [0.05, 0.1) is 6.26 Å². The second kappa shape index (κ2) is 9.65. The number of urea groups is 1. The molecule has 1 aromatic carbocycles. The third-order valence-electron chi connectivity index (χ3n) is 3.87. The van der Waals surface area contributed by atoms with Crippen molar-refractivity contribution in [3.8, 4) is 0 Å². The maximum atomic E-state index is 12.3. The molecule has 26 heavy (non-hydrogen) atoms. The van der Waals surface area contributed by atoms with Gasteiger partial charge in [-0.2, -0.15) is 0 Å². The smallest absolute Gasteiger partial charge is 0.315 e. The predicted octanol–water partition coefficient (Wildman–Crippen LogP) is 3.24. The summed E-state index contributed by atoms with van der Waals surface area (Å²) in [5.74, 6) is 0.818. The van der Waals surface area contributed by atoms with Crippen LogP contribution in [0.15, 0.2) is 47.1 Å². The number of nitrogens with one attached hydrogen (secondary N) is 3. The number of aryl methyl sites for hydroxylation is 1. The lowest BCUT2D eigenvalue weighted by atomic mass is 10.1. The summed E-state index contributed by atoms with van der Waals surface area (Å²) in [7, 11) is 0. The highest BCUT2D eigenvalue weighted by Crippen LogP contribution is 2.08. The molecule has 1 atom stereocenters. The molecule has 3 amide bonds. The van der Waals surface area contributed by atoms with E-state index in [9.17, 15) is 9.59 Å². The molecule has 0 aliphatic heterocycles. The van der Waals surface area contributed by atoms with E-state index in [2.05, 4.69) is 16.0 Å². The van der Waals surface area contributed by atoms with E-state index < -0.39 is 0 Å². The summed E-state index contributed by atoms with van der Waals surface area (Å²) in [6.07, 6.45) is 3.26. The molecule has 6 heteroatoms. The van der Waals surface area contributed by atoms with Crippen molar-refractivity contribution in [3.05, 3.63) is 59.5 Å². The molecule has 6 nitrogen and oxygen atoms in total. The van der Waals surface area contributed by atoms with Crippen LogP contribution in [0, 0.1) is 0 Å². The van der Waals surface area contributed by atoms with E-state index in [1.54, 1.807) is 18.4 Å². The Hall–Kier alpha value is -2.76. The van der Waals surface area contributed by atoms with E-state index in [-0.39, 0.29) is 24.0 Å². The van der Waals surface area contributed by atoms with Gasteiger partial charge in [-0.1, -0.05) is 12.1 Å². The van der Waals surface area contributed by atoms with E-state index in [1.807, 2.05) is 45.0 Å². The molecule has 3 N–H and O–H groups in total. The molecule has 0 unspecified atom stereocenters. The molecule has 0 spiro atoms. The van der Waals surface area contributed by atoms with Crippen LogP contribution in [0.1, 0.15) is 48.9 Å². The van der Waals surface area contributed by atoms with Gasteiger partial charge in [0.25, 0.3) is 5.91 Å². The number of hydrogen-bond donors (Lipinski definition) is 3. The number of carbonyl (C=O) groups is 2. The van der Waals surface area contributed by atoms with Crippen molar-refractivity contribution in [2.24, 2.45) is 0 Å². The number of rotatable bonds is 8. The van der Waals surface area contributed by atoms with Crippen LogP contribution in [0.3, 0.4) is 0 Å². The summed E-state index contributed by atoms with van der Waals surface area (Å²) in [6, 6.07) is 11.0. The number of furan rings is 1. The zero-order chi connectivity index (χ0) is 18.9. The second-order valence-electron chi connectivity index (χ2n) is 6.67. The minimum atomic E-state index is -0.202. The second-order valence-corrected chi connectivity index (χ2v) is 6.67. The Morgan fingerprint density at radius 3 is 2.38 bits per heavy atom. The van der Waals surface area contributed by atoms with Crippen molar-refractivity contribution in [1.82, 2.24) is 16.0 Å². The number of amides is 3. The van der Waals surface area contributed by atoms with Gasteiger partial charge >= 0.3 is 6.03 Å². The van der Waals surface area contributed by atoms with Crippen LogP contribution in [0.5, 0.6) is 0 Å². The first-order valence-corrected chi connectivity index (χ1v) is 8.90. The molecule has 1 heterocycles. The number of carbonyl (C=O) groups excluding carboxylic acids is 2. The van der Waals surface area contributed by atoms with Gasteiger partial charge in [0.2, 0.25) is 0 Å². The predicted molar refractivity (Wildman–Crippen MR) is 101 cm³/mol. The van der Waals surface area contributed by atoms with Gasteiger partial charge in [-0.05, 0) is 57.0 Å². The highest BCUT2D eigenvalue weighted by molar-refractivity contribution is 5.94. The van der Waals surface area contributed by atoms with Crippen LogP contribution in [-0.2, 0) is 13.0 Å². The Morgan fingerprint density at radius 2 is 1.77 bits per heavy atom. The number of hydrogen-bond acceptors (Lipinski definition) is 3. The summed E-state index contributed by atoms with van der Waals surface area (Å²) in [6.45, 7) is 6.21. The van der Waals surface area contributed by atoms with Crippen molar-refractivity contribution in [3.63, 3.8) is 0 Å². The van der Waals surface area contributed by atoms with Gasteiger partial charge in [0.15, 0.2) is 0 Å². The summed E-state index contributed by atoms with van der Waals surface area (Å²) in [5, 5.41) is 8.54. The standard InChI is InChI=1S/C20H27N3O3/c1-14(2)22-20(25)21-13-16-7-9-17(10-8-16)19(24)23-15(3)6-11-18-5-4-12-26-18/h4-5,7-10,12,14-15H,6,11,13H2,1-3H3,(H,23,24)(H2,21,22,25)/t15-/m0/s1. The zero-order valence-corrected chi connectivity index (χ0v) is 15.5. The summed E-state index contributed by atoms with van der Waals surface area (Å²) >= 11 is 0. The quantitative estimate of drug-likeness (QED) is 0.678. The minimum Gasteiger partial charge on any atom is -0.469 e. The van der Waals surface area contributed by atoms with E-state index >= 15 is 0 Å². The molecule has 0 aliphatic rings. The zero-order valence-electron chi connectivity index (χ0n) is 15.5. The van der Waals surface area contributed by atoms with Gasteiger partial charge in [-0.15, -0.1) is 0 Å². The van der Waals surface area contributed by atoms with Gasteiger partial charge in [-0.3, -0.25) is 4.79 Å². The monoisotopic (exact) mass is 357 g/mol. The van der Waals surface area contributed by atoms with Crippen LogP contribution in [0.2, 0.25) is 0 Å². The first-order valence-electron chi connectivity index (χ1n) is 8.90. The number of benzene rings is 1. The average molecular weight is 357 g/mol. The third-order valence-corrected chi connectivity index (χ3v) is 3.87. The van der Waals surface area contributed by atoms with Gasteiger partial charge in [0.1, 0.15) is 5.76 Å². The van der Waals surface area contributed by atoms with E-state index in [4.69, 9.17) is 4.42 Å². The molecule has 140 valence electrons. The molecule has 0 fully saturated rings. The fraction of sp³-hybridized carbons (Fsp3) is 0.400. The van der Waals surface area contributed by atoms with Gasteiger partial charge < -0.3 is 20.4 Å². The Kier molecular flexibility index (Phi) is 7.26. The first-order chi connectivity index (χ1) is 12.4. The summed E-state index contributed by atoms with van der Waals surface area (Å²) in [4.78, 5) is 23.9. The Balaban J connectivity index is 1.77. The Morgan fingerprint density at radius 1 is 1.04 bits per heavy atom. The highest BCUT2D eigenvalue weighted by Gasteiger charge is 2.11. The SMILES string of the molecule is CC(C)NC(=O)NCc1ccc(C(=O)N[C@@H](C)CCc2ccco2)cc1. The molecule has 0 saturated heterocycles. The van der Waals surface area contributed by atoms with E-state index in [0.29, 0.717) is 12.1 Å². The highest BCUT2D eigenvalue weighted by atomic mass is 16.3. The molecule has 2 rings (SSSR count). The summed E-state index contributed by atoms with van der Waals surface area (Å²) < 4.78 is 5.30. The van der Waals surface area contributed by atoms with Gasteiger partial charge in [-0.25, -0.2) is 4.79 Å². The third kappa shape index (κ3) is 6.63. The van der Waals surface area contributed by atoms with Crippen LogP contribution in [-0.4, -0.2) is 24.0 Å². The van der Waals surface area contributed by atoms with Crippen molar-refractivity contribution < 1.29 is 14.0 Å². The molecular weight excluding hydrogens is 330 g/mol.